The van der Waals surface area contributed by atoms with Crippen molar-refractivity contribution in [3.05, 3.63) is 63.0 Å². The molecular weight excluding hydrogens is 351 g/mol. The van der Waals surface area contributed by atoms with E-state index in [1.165, 1.54) is 0 Å². The molecule has 112 valence electrons. The number of anilines is 1. The Morgan fingerprint density at radius 1 is 1.14 bits per heavy atom. The number of thiophene rings is 1. The zero-order valence-corrected chi connectivity index (χ0v) is 13.1. The van der Waals surface area contributed by atoms with Crippen molar-refractivity contribution in [3.63, 3.8) is 0 Å². The zero-order chi connectivity index (χ0) is 15.9. The van der Waals surface area contributed by atoms with E-state index in [4.69, 9.17) is 23.2 Å². The lowest BCUT2D eigenvalue weighted by atomic mass is 10.2. The third kappa shape index (κ3) is 2.67. The molecule has 0 bridgehead atoms. The fraction of sp³-hybridized carbons (Fsp3) is 0. The summed E-state index contributed by atoms with van der Waals surface area (Å²) in [6.45, 7) is 0. The Balaban J connectivity index is 1.99. The molecule has 3 rings (SSSR count). The van der Waals surface area contributed by atoms with Crippen molar-refractivity contribution >= 4 is 56.2 Å². The summed E-state index contributed by atoms with van der Waals surface area (Å²) in [5.41, 5.74) is -0.119. The molecule has 0 atom stereocenters. The molecular formula is C15H7Cl2F2NOS. The van der Waals surface area contributed by atoms with Crippen LogP contribution in [0.5, 0.6) is 0 Å². The molecule has 0 radical (unpaired) electrons. The fourth-order valence-electron chi connectivity index (χ4n) is 1.99. The Morgan fingerprint density at radius 2 is 1.91 bits per heavy atom. The Hall–Kier alpha value is -1.69. The molecule has 2 nitrogen and oxygen atoms in total. The number of benzene rings is 2. The smallest absolute Gasteiger partial charge is 0.267 e. The average Bonchev–Trinajstić information content (AvgIpc) is 2.80. The van der Waals surface area contributed by atoms with Crippen molar-refractivity contribution in [3.8, 4) is 0 Å². The van der Waals surface area contributed by atoms with Crippen molar-refractivity contribution in [2.75, 3.05) is 5.32 Å². The highest BCUT2D eigenvalue weighted by Crippen LogP contribution is 2.39. The number of nitrogens with one attached hydrogen (secondary N) is 1. The van der Waals surface area contributed by atoms with Gasteiger partial charge in [0.2, 0.25) is 0 Å². The molecule has 0 saturated carbocycles. The van der Waals surface area contributed by atoms with Crippen LogP contribution in [0.3, 0.4) is 0 Å². The molecule has 0 unspecified atom stereocenters. The van der Waals surface area contributed by atoms with Crippen molar-refractivity contribution in [1.82, 2.24) is 0 Å². The summed E-state index contributed by atoms with van der Waals surface area (Å²) in [5.74, 6) is -2.15. The first-order valence-electron chi connectivity index (χ1n) is 6.10. The third-order valence-corrected chi connectivity index (χ3v) is 4.95. The van der Waals surface area contributed by atoms with E-state index >= 15 is 0 Å². The summed E-state index contributed by atoms with van der Waals surface area (Å²) in [5, 5.41) is 3.61. The number of hydrogen-bond donors (Lipinski definition) is 1. The van der Waals surface area contributed by atoms with Crippen molar-refractivity contribution < 1.29 is 13.6 Å². The maximum absolute atomic E-state index is 13.6. The molecule has 0 aliphatic rings. The van der Waals surface area contributed by atoms with Gasteiger partial charge in [-0.1, -0.05) is 29.3 Å². The fourth-order valence-corrected chi connectivity index (χ4v) is 3.84. The molecule has 22 heavy (non-hydrogen) atoms. The Bertz CT molecular complexity index is 895. The van der Waals surface area contributed by atoms with Gasteiger partial charge in [-0.2, -0.15) is 0 Å². The van der Waals surface area contributed by atoms with Gasteiger partial charge in [0, 0.05) is 16.2 Å². The lowest BCUT2D eigenvalue weighted by molar-refractivity contribution is 0.103. The first kappa shape index (κ1) is 15.2. The van der Waals surface area contributed by atoms with Gasteiger partial charge in [-0.15, -0.1) is 11.3 Å². The monoisotopic (exact) mass is 357 g/mol. The molecule has 1 heterocycles. The van der Waals surface area contributed by atoms with Crippen LogP contribution >= 0.6 is 34.5 Å². The summed E-state index contributed by atoms with van der Waals surface area (Å²) < 4.78 is 27.2. The van der Waals surface area contributed by atoms with E-state index in [0.29, 0.717) is 16.5 Å². The summed E-state index contributed by atoms with van der Waals surface area (Å²) in [4.78, 5) is 12.5. The van der Waals surface area contributed by atoms with Gasteiger partial charge in [0.1, 0.15) is 16.5 Å². The van der Waals surface area contributed by atoms with Crippen LogP contribution in [0.4, 0.5) is 14.5 Å². The predicted octanol–water partition coefficient (Wildman–Crippen LogP) is 5.74. The van der Waals surface area contributed by atoms with Crippen LogP contribution in [0.2, 0.25) is 10.0 Å². The van der Waals surface area contributed by atoms with Crippen molar-refractivity contribution in [1.29, 1.82) is 0 Å². The number of halogens is 4. The van der Waals surface area contributed by atoms with E-state index in [1.807, 2.05) is 0 Å². The van der Waals surface area contributed by atoms with E-state index in [2.05, 4.69) is 5.32 Å². The maximum atomic E-state index is 13.6. The Labute approximate surface area is 138 Å². The van der Waals surface area contributed by atoms with Gasteiger partial charge >= 0.3 is 0 Å². The van der Waals surface area contributed by atoms with Crippen molar-refractivity contribution in [2.45, 2.75) is 0 Å². The van der Waals surface area contributed by atoms with Gasteiger partial charge in [0.25, 0.3) is 5.91 Å². The van der Waals surface area contributed by atoms with Crippen LogP contribution in [-0.2, 0) is 0 Å². The van der Waals surface area contributed by atoms with E-state index in [1.54, 1.807) is 18.2 Å². The average molecular weight is 358 g/mol. The van der Waals surface area contributed by atoms with Crippen LogP contribution in [0.15, 0.2) is 36.4 Å². The highest BCUT2D eigenvalue weighted by atomic mass is 35.5. The molecule has 2 aromatic carbocycles. The molecule has 0 fully saturated rings. The Morgan fingerprint density at radius 3 is 2.59 bits per heavy atom. The summed E-state index contributed by atoms with van der Waals surface area (Å²) >= 11 is 13.4. The first-order chi connectivity index (χ1) is 10.5. The second-order valence-corrected chi connectivity index (χ2v) is 6.27. The topological polar surface area (TPSA) is 29.1 Å². The Kier molecular flexibility index (Phi) is 4.04. The van der Waals surface area contributed by atoms with Crippen LogP contribution < -0.4 is 5.32 Å². The van der Waals surface area contributed by atoms with Gasteiger partial charge in [-0.25, -0.2) is 8.78 Å². The molecule has 3 aromatic rings. The number of hydrogen-bond acceptors (Lipinski definition) is 2. The number of amides is 1. The quantitative estimate of drug-likeness (QED) is 0.622. The SMILES string of the molecule is O=C(Nc1ccc(F)cc1F)c1sc2cccc(Cl)c2c1Cl. The number of fused-ring (bicyclic) bond motifs is 1. The van der Waals surface area contributed by atoms with E-state index in [-0.39, 0.29) is 15.6 Å². The predicted molar refractivity (Wildman–Crippen MR) is 86.2 cm³/mol. The second kappa shape index (κ2) is 5.83. The van der Waals surface area contributed by atoms with Crippen LogP contribution in [-0.4, -0.2) is 5.91 Å². The molecule has 1 amide bonds. The summed E-state index contributed by atoms with van der Waals surface area (Å²) in [6.07, 6.45) is 0. The summed E-state index contributed by atoms with van der Waals surface area (Å²) in [6, 6.07) is 8.10. The van der Waals surface area contributed by atoms with Crippen LogP contribution in [0.1, 0.15) is 9.67 Å². The minimum Gasteiger partial charge on any atom is -0.319 e. The molecule has 0 aliphatic heterocycles. The van der Waals surface area contributed by atoms with E-state index < -0.39 is 17.5 Å². The van der Waals surface area contributed by atoms with Gasteiger partial charge in [0.15, 0.2) is 0 Å². The minimum absolute atomic E-state index is 0.119. The van der Waals surface area contributed by atoms with Crippen molar-refractivity contribution in [2.24, 2.45) is 0 Å². The normalized spacial score (nSPS) is 10.9. The zero-order valence-electron chi connectivity index (χ0n) is 10.8. The molecule has 1 N–H and O–H groups in total. The molecule has 1 aromatic heterocycles. The van der Waals surface area contributed by atoms with Gasteiger partial charge in [-0.3, -0.25) is 4.79 Å². The molecule has 0 saturated heterocycles. The standard InChI is InChI=1S/C15H7Cl2F2NOS/c16-8-2-1-3-11-12(8)13(17)14(22-11)15(21)20-10-5-4-7(18)6-9(10)19/h1-6H,(H,20,21). The largest absolute Gasteiger partial charge is 0.319 e. The van der Waals surface area contributed by atoms with Crippen LogP contribution in [0, 0.1) is 11.6 Å². The summed E-state index contributed by atoms with van der Waals surface area (Å²) in [7, 11) is 0. The van der Waals surface area contributed by atoms with E-state index in [0.717, 1.165) is 28.2 Å². The van der Waals surface area contributed by atoms with E-state index in [9.17, 15) is 13.6 Å². The highest BCUT2D eigenvalue weighted by molar-refractivity contribution is 7.21. The lowest BCUT2D eigenvalue weighted by Gasteiger charge is -2.05. The number of rotatable bonds is 2. The highest BCUT2D eigenvalue weighted by Gasteiger charge is 2.19. The second-order valence-electron chi connectivity index (χ2n) is 4.44. The molecule has 7 heteroatoms. The van der Waals surface area contributed by atoms with Crippen LogP contribution in [0.25, 0.3) is 10.1 Å². The molecule has 0 aliphatic carbocycles. The molecule has 0 spiro atoms. The minimum atomic E-state index is -0.858. The first-order valence-corrected chi connectivity index (χ1v) is 7.67. The van der Waals surface area contributed by atoms with Gasteiger partial charge in [0.05, 0.1) is 15.7 Å². The van der Waals surface area contributed by atoms with Gasteiger partial charge in [-0.05, 0) is 24.3 Å². The maximum Gasteiger partial charge on any atom is 0.267 e. The number of carbonyl (C=O) groups excluding carboxylic acids is 1. The lowest BCUT2D eigenvalue weighted by Crippen LogP contribution is -2.12. The number of carbonyl (C=O) groups is 1. The third-order valence-electron chi connectivity index (χ3n) is 2.99. The van der Waals surface area contributed by atoms with Gasteiger partial charge < -0.3 is 5.32 Å².